The number of fused-ring (bicyclic) bond motifs is 1. The van der Waals surface area contributed by atoms with Crippen LogP contribution in [-0.4, -0.2) is 31.7 Å². The molecule has 0 fully saturated rings. The summed E-state index contributed by atoms with van der Waals surface area (Å²) >= 11 is 0. The molecule has 4 N–H and O–H groups in total. The van der Waals surface area contributed by atoms with Crippen molar-refractivity contribution in [1.82, 2.24) is 4.57 Å². The van der Waals surface area contributed by atoms with Crippen LogP contribution in [0.3, 0.4) is 0 Å². The van der Waals surface area contributed by atoms with Crippen molar-refractivity contribution >= 4 is 32.3 Å². The molecule has 10 heteroatoms. The van der Waals surface area contributed by atoms with E-state index in [1.807, 2.05) is 13.0 Å². The fourth-order valence-corrected chi connectivity index (χ4v) is 4.19. The summed E-state index contributed by atoms with van der Waals surface area (Å²) < 4.78 is 63.8. The van der Waals surface area contributed by atoms with E-state index in [9.17, 15) is 21.6 Å². The molecule has 1 unspecified atom stereocenters. The summed E-state index contributed by atoms with van der Waals surface area (Å²) in [6.07, 6.45) is -2.46. The third-order valence-corrected chi connectivity index (χ3v) is 6.12. The van der Waals surface area contributed by atoms with Gasteiger partial charge < -0.3 is 15.2 Å². The molecule has 0 aliphatic carbocycles. The van der Waals surface area contributed by atoms with Gasteiger partial charge in [0.25, 0.3) is 0 Å². The van der Waals surface area contributed by atoms with Crippen molar-refractivity contribution in [3.63, 3.8) is 0 Å². The molecule has 6 nitrogen and oxygen atoms in total. The number of benzene rings is 2. The molecule has 1 heterocycles. The Kier molecular flexibility index (Phi) is 7.79. The average molecular weight is 493 g/mol. The SMILES string of the molecule is CCCC(C)Nc1cccc2c1cc(C#CCNc1ccc(S(N)(=O)=O)cc1)n2CC(F)(F)F. The first kappa shape index (κ1) is 25.5. The first-order valence-corrected chi connectivity index (χ1v) is 12.3. The minimum absolute atomic E-state index is 0.0153. The molecule has 0 amide bonds. The van der Waals surface area contributed by atoms with Gasteiger partial charge in [-0.1, -0.05) is 25.3 Å². The normalized spacial score (nSPS) is 12.8. The van der Waals surface area contributed by atoms with Crippen molar-refractivity contribution in [3.8, 4) is 11.8 Å². The number of alkyl halides is 3. The Bertz CT molecular complexity index is 1300. The second-order valence-corrected chi connectivity index (χ2v) is 9.59. The van der Waals surface area contributed by atoms with E-state index in [4.69, 9.17) is 5.14 Å². The predicted octanol–water partition coefficient (Wildman–Crippen LogP) is 4.92. The van der Waals surface area contributed by atoms with Crippen molar-refractivity contribution in [3.05, 3.63) is 54.2 Å². The Morgan fingerprint density at radius 2 is 1.85 bits per heavy atom. The van der Waals surface area contributed by atoms with Crippen molar-refractivity contribution in [2.45, 2.75) is 50.3 Å². The minimum atomic E-state index is -4.40. The number of rotatable bonds is 8. The number of sulfonamides is 1. The average Bonchev–Trinajstić information content (AvgIpc) is 3.08. The minimum Gasteiger partial charge on any atom is -0.382 e. The highest BCUT2D eigenvalue weighted by molar-refractivity contribution is 7.89. The quantitative estimate of drug-likeness (QED) is 0.390. The van der Waals surface area contributed by atoms with Gasteiger partial charge in [0.05, 0.1) is 22.7 Å². The summed E-state index contributed by atoms with van der Waals surface area (Å²) in [5.74, 6) is 5.69. The number of halogens is 3. The summed E-state index contributed by atoms with van der Waals surface area (Å²) in [7, 11) is -3.78. The lowest BCUT2D eigenvalue weighted by Crippen LogP contribution is -2.18. The zero-order valence-electron chi connectivity index (χ0n) is 18.9. The van der Waals surface area contributed by atoms with Gasteiger partial charge >= 0.3 is 6.18 Å². The van der Waals surface area contributed by atoms with Crippen LogP contribution in [0.1, 0.15) is 32.4 Å². The molecular weight excluding hydrogens is 465 g/mol. The number of hydrogen-bond acceptors (Lipinski definition) is 4. The topological polar surface area (TPSA) is 89.2 Å². The van der Waals surface area contributed by atoms with Gasteiger partial charge in [0.15, 0.2) is 0 Å². The summed E-state index contributed by atoms with van der Waals surface area (Å²) in [5, 5.41) is 12.1. The lowest BCUT2D eigenvalue weighted by Gasteiger charge is -2.16. The lowest BCUT2D eigenvalue weighted by molar-refractivity contribution is -0.140. The highest BCUT2D eigenvalue weighted by Gasteiger charge is 2.30. The molecule has 0 radical (unpaired) electrons. The van der Waals surface area contributed by atoms with Crippen LogP contribution >= 0.6 is 0 Å². The summed E-state index contributed by atoms with van der Waals surface area (Å²) in [5.41, 5.74) is 2.10. The standard InChI is InChI=1S/C24H27F3N4O2S/c1-3-6-17(2)30-22-8-4-9-23-21(22)15-19(31(23)16-24(25,26)27)7-5-14-29-18-10-12-20(13-11-18)34(28,32)33/h4,8-13,15,17,29-30H,3,6,14,16H2,1-2H3,(H2,28,32,33). The second kappa shape index (κ2) is 10.4. The van der Waals surface area contributed by atoms with E-state index >= 15 is 0 Å². The summed E-state index contributed by atoms with van der Waals surface area (Å²) in [4.78, 5) is -0.0153. The van der Waals surface area contributed by atoms with E-state index in [1.54, 1.807) is 18.2 Å². The molecule has 0 aliphatic rings. The van der Waals surface area contributed by atoms with Gasteiger partial charge in [-0.15, -0.1) is 0 Å². The van der Waals surface area contributed by atoms with Crippen LogP contribution in [0.15, 0.2) is 53.4 Å². The third-order valence-electron chi connectivity index (χ3n) is 5.19. The Hall–Kier alpha value is -3.16. The first-order chi connectivity index (χ1) is 16.0. The Balaban J connectivity index is 1.86. The molecular formula is C24H27F3N4O2S. The molecule has 0 saturated heterocycles. The van der Waals surface area contributed by atoms with Crippen LogP contribution in [0, 0.1) is 11.8 Å². The number of nitrogens with one attached hydrogen (secondary N) is 2. The van der Waals surface area contributed by atoms with Gasteiger partial charge in [0, 0.05) is 22.8 Å². The fourth-order valence-electron chi connectivity index (χ4n) is 3.68. The molecule has 34 heavy (non-hydrogen) atoms. The van der Waals surface area contributed by atoms with Gasteiger partial charge in [-0.05, 0) is 61.7 Å². The maximum Gasteiger partial charge on any atom is 0.406 e. The van der Waals surface area contributed by atoms with E-state index in [2.05, 4.69) is 29.4 Å². The molecule has 0 spiro atoms. The number of nitrogens with two attached hydrogens (primary N) is 1. The van der Waals surface area contributed by atoms with Gasteiger partial charge in [0.1, 0.15) is 6.54 Å². The molecule has 2 aromatic carbocycles. The lowest BCUT2D eigenvalue weighted by atomic mass is 10.1. The van der Waals surface area contributed by atoms with Crippen LogP contribution in [0.4, 0.5) is 24.5 Å². The molecule has 3 rings (SSSR count). The number of hydrogen-bond donors (Lipinski definition) is 3. The summed E-state index contributed by atoms with van der Waals surface area (Å²) in [6, 6.07) is 12.9. The van der Waals surface area contributed by atoms with Crippen molar-refractivity contribution in [1.29, 1.82) is 0 Å². The largest absolute Gasteiger partial charge is 0.406 e. The van der Waals surface area contributed by atoms with Crippen LogP contribution < -0.4 is 15.8 Å². The first-order valence-electron chi connectivity index (χ1n) is 10.8. The zero-order chi connectivity index (χ0) is 24.9. The van der Waals surface area contributed by atoms with E-state index in [0.717, 1.165) is 18.5 Å². The van der Waals surface area contributed by atoms with Gasteiger partial charge in [-0.2, -0.15) is 13.2 Å². The van der Waals surface area contributed by atoms with E-state index in [1.165, 1.54) is 28.8 Å². The maximum absolute atomic E-state index is 13.3. The molecule has 0 saturated carbocycles. The number of aromatic nitrogens is 1. The Labute approximate surface area is 197 Å². The van der Waals surface area contributed by atoms with E-state index < -0.39 is 22.7 Å². The summed E-state index contributed by atoms with van der Waals surface area (Å²) in [6.45, 7) is 3.13. The van der Waals surface area contributed by atoms with Gasteiger partial charge in [-0.25, -0.2) is 13.6 Å². The molecule has 0 aliphatic heterocycles. The van der Waals surface area contributed by atoms with Crippen LogP contribution in [0.2, 0.25) is 0 Å². The van der Waals surface area contributed by atoms with Crippen molar-refractivity contribution in [2.24, 2.45) is 5.14 Å². The van der Waals surface area contributed by atoms with E-state index in [0.29, 0.717) is 16.6 Å². The predicted molar refractivity (Wildman–Crippen MR) is 129 cm³/mol. The van der Waals surface area contributed by atoms with Crippen LogP contribution in [0.5, 0.6) is 0 Å². The molecule has 3 aromatic rings. The van der Waals surface area contributed by atoms with Crippen molar-refractivity contribution < 1.29 is 21.6 Å². The van der Waals surface area contributed by atoms with Gasteiger partial charge in [-0.3, -0.25) is 0 Å². The molecule has 1 aromatic heterocycles. The number of nitrogens with zero attached hydrogens (tertiary/aromatic N) is 1. The van der Waals surface area contributed by atoms with Crippen LogP contribution in [-0.2, 0) is 16.6 Å². The fraction of sp³-hybridized carbons (Fsp3) is 0.333. The number of primary sulfonamides is 1. The Morgan fingerprint density at radius 1 is 1.15 bits per heavy atom. The molecule has 1 atom stereocenters. The van der Waals surface area contributed by atoms with Crippen molar-refractivity contribution in [2.75, 3.05) is 17.2 Å². The smallest absolute Gasteiger partial charge is 0.382 e. The van der Waals surface area contributed by atoms with E-state index in [-0.39, 0.29) is 23.2 Å². The maximum atomic E-state index is 13.3. The highest BCUT2D eigenvalue weighted by Crippen LogP contribution is 2.30. The molecule has 0 bridgehead atoms. The Morgan fingerprint density at radius 3 is 2.47 bits per heavy atom. The van der Waals surface area contributed by atoms with Crippen LogP contribution in [0.25, 0.3) is 10.9 Å². The second-order valence-electron chi connectivity index (χ2n) is 8.03. The monoisotopic (exact) mass is 492 g/mol. The number of anilines is 2. The highest BCUT2D eigenvalue weighted by atomic mass is 32.2. The third kappa shape index (κ3) is 6.68. The van der Waals surface area contributed by atoms with Gasteiger partial charge in [0.2, 0.25) is 10.0 Å². The molecule has 182 valence electrons. The zero-order valence-corrected chi connectivity index (χ0v) is 19.7.